The topological polar surface area (TPSA) is 59.1 Å². The van der Waals surface area contributed by atoms with Crippen LogP contribution in [0.2, 0.25) is 0 Å². The molecule has 2 amide bonds. The van der Waals surface area contributed by atoms with E-state index in [9.17, 15) is 14.0 Å². The number of methoxy groups -OCH3 is 2. The van der Waals surface area contributed by atoms with Crippen molar-refractivity contribution in [3.63, 3.8) is 0 Å². The molecule has 2 aliphatic heterocycles. The maximum absolute atomic E-state index is 15.0. The van der Waals surface area contributed by atoms with Crippen molar-refractivity contribution in [2.75, 3.05) is 34.4 Å². The summed E-state index contributed by atoms with van der Waals surface area (Å²) in [6, 6.07) is 8.92. The van der Waals surface area contributed by atoms with Crippen molar-refractivity contribution >= 4 is 11.8 Å². The molecule has 1 fully saturated rings. The molecule has 1 saturated heterocycles. The molecule has 6 nitrogen and oxygen atoms in total. The summed E-state index contributed by atoms with van der Waals surface area (Å²) in [7, 11) is 4.64. The predicted octanol–water partition coefficient (Wildman–Crippen LogP) is 4.16. The molecule has 0 aromatic heterocycles. The molecule has 32 heavy (non-hydrogen) atoms. The molecular weight excluding hydrogens is 411 g/mol. The highest BCUT2D eigenvalue weighted by molar-refractivity contribution is 6.02. The van der Waals surface area contributed by atoms with Gasteiger partial charge in [-0.05, 0) is 36.6 Å². The minimum absolute atomic E-state index is 0.0898. The SMILES string of the molecule is COc1cc2c(cc1OC)[C@@H](C(=O)N1CCCCCC1)[C@H](c1ccccc1F)N(C)C2=O. The van der Waals surface area contributed by atoms with Crippen LogP contribution in [0, 0.1) is 5.82 Å². The molecule has 170 valence electrons. The smallest absolute Gasteiger partial charge is 0.254 e. The van der Waals surface area contributed by atoms with Crippen LogP contribution in [-0.4, -0.2) is 56.0 Å². The summed E-state index contributed by atoms with van der Waals surface area (Å²) in [5, 5.41) is 0. The molecular formula is C25H29FN2O4. The van der Waals surface area contributed by atoms with E-state index < -0.39 is 17.8 Å². The number of carbonyl (C=O) groups is 2. The van der Waals surface area contributed by atoms with Gasteiger partial charge in [-0.2, -0.15) is 0 Å². The van der Waals surface area contributed by atoms with Gasteiger partial charge in [0.2, 0.25) is 5.91 Å². The summed E-state index contributed by atoms with van der Waals surface area (Å²) in [4.78, 5) is 30.7. The van der Waals surface area contributed by atoms with Crippen LogP contribution in [0.25, 0.3) is 0 Å². The number of likely N-dealkylation sites (N-methyl/N-ethyl adjacent to an activating group) is 1. The van der Waals surface area contributed by atoms with Crippen LogP contribution in [0.4, 0.5) is 4.39 Å². The Morgan fingerprint density at radius 1 is 0.969 bits per heavy atom. The van der Waals surface area contributed by atoms with Crippen molar-refractivity contribution in [2.45, 2.75) is 37.6 Å². The fourth-order valence-electron chi connectivity index (χ4n) is 4.91. The van der Waals surface area contributed by atoms with Gasteiger partial charge in [0.05, 0.1) is 26.2 Å². The fourth-order valence-corrected chi connectivity index (χ4v) is 4.91. The summed E-state index contributed by atoms with van der Waals surface area (Å²) >= 11 is 0. The average molecular weight is 441 g/mol. The highest BCUT2D eigenvalue weighted by Gasteiger charge is 2.45. The molecule has 0 N–H and O–H groups in total. The van der Waals surface area contributed by atoms with Gasteiger partial charge in [0.25, 0.3) is 5.91 Å². The van der Waals surface area contributed by atoms with E-state index in [4.69, 9.17) is 9.47 Å². The first kappa shape index (κ1) is 22.1. The second kappa shape index (κ2) is 9.18. The van der Waals surface area contributed by atoms with Gasteiger partial charge in [0.1, 0.15) is 5.82 Å². The third-order valence-electron chi connectivity index (χ3n) is 6.58. The van der Waals surface area contributed by atoms with Gasteiger partial charge in [0.15, 0.2) is 11.5 Å². The highest BCUT2D eigenvalue weighted by atomic mass is 19.1. The van der Waals surface area contributed by atoms with Gasteiger partial charge in [-0.1, -0.05) is 31.0 Å². The van der Waals surface area contributed by atoms with Crippen molar-refractivity contribution in [1.29, 1.82) is 0 Å². The Labute approximate surface area is 187 Å². The fraction of sp³-hybridized carbons (Fsp3) is 0.440. The van der Waals surface area contributed by atoms with Gasteiger partial charge < -0.3 is 19.3 Å². The summed E-state index contributed by atoms with van der Waals surface area (Å²) in [5.74, 6) is -0.706. The zero-order valence-electron chi connectivity index (χ0n) is 18.8. The lowest BCUT2D eigenvalue weighted by Gasteiger charge is -2.41. The van der Waals surface area contributed by atoms with E-state index in [-0.39, 0.29) is 11.8 Å². The lowest BCUT2D eigenvalue weighted by atomic mass is 9.78. The van der Waals surface area contributed by atoms with E-state index in [0.29, 0.717) is 41.3 Å². The Hall–Kier alpha value is -3.09. The number of rotatable bonds is 4. The molecule has 2 aliphatic rings. The Bertz CT molecular complexity index is 1020. The van der Waals surface area contributed by atoms with Crippen LogP contribution >= 0.6 is 0 Å². The number of nitrogens with zero attached hydrogens (tertiary/aromatic N) is 2. The maximum Gasteiger partial charge on any atom is 0.254 e. The molecule has 2 aromatic rings. The monoisotopic (exact) mass is 440 g/mol. The average Bonchev–Trinajstić information content (AvgIpc) is 3.10. The summed E-state index contributed by atoms with van der Waals surface area (Å²) in [6.45, 7) is 1.33. The van der Waals surface area contributed by atoms with Crippen LogP contribution < -0.4 is 9.47 Å². The van der Waals surface area contributed by atoms with Crippen molar-refractivity contribution < 1.29 is 23.5 Å². The molecule has 0 radical (unpaired) electrons. The van der Waals surface area contributed by atoms with Crippen LogP contribution in [0.15, 0.2) is 36.4 Å². The predicted molar refractivity (Wildman–Crippen MR) is 119 cm³/mol. The van der Waals surface area contributed by atoms with Crippen molar-refractivity contribution in [1.82, 2.24) is 9.80 Å². The minimum Gasteiger partial charge on any atom is -0.493 e. The number of ether oxygens (including phenoxy) is 2. The quantitative estimate of drug-likeness (QED) is 0.717. The first-order valence-electron chi connectivity index (χ1n) is 11.0. The number of carbonyl (C=O) groups excluding carboxylic acids is 2. The van der Waals surface area contributed by atoms with Gasteiger partial charge in [-0.3, -0.25) is 9.59 Å². The molecule has 2 atom stereocenters. The molecule has 0 unspecified atom stereocenters. The molecule has 0 saturated carbocycles. The Morgan fingerprint density at radius 2 is 1.59 bits per heavy atom. The normalized spacial score (nSPS) is 21.1. The third-order valence-corrected chi connectivity index (χ3v) is 6.58. The Morgan fingerprint density at radius 3 is 2.22 bits per heavy atom. The van der Waals surface area contributed by atoms with Gasteiger partial charge in [-0.15, -0.1) is 0 Å². The second-order valence-electron chi connectivity index (χ2n) is 8.39. The summed E-state index contributed by atoms with van der Waals surface area (Å²) < 4.78 is 25.8. The van der Waals surface area contributed by atoms with Crippen molar-refractivity contribution in [3.8, 4) is 11.5 Å². The van der Waals surface area contributed by atoms with Gasteiger partial charge in [0, 0.05) is 31.3 Å². The molecule has 2 heterocycles. The van der Waals surface area contributed by atoms with E-state index in [2.05, 4.69) is 0 Å². The maximum atomic E-state index is 15.0. The number of likely N-dealkylation sites (tertiary alicyclic amines) is 1. The number of fused-ring (bicyclic) bond motifs is 1. The number of hydrogen-bond acceptors (Lipinski definition) is 4. The zero-order valence-corrected chi connectivity index (χ0v) is 18.8. The van der Waals surface area contributed by atoms with Crippen LogP contribution in [0.3, 0.4) is 0 Å². The van der Waals surface area contributed by atoms with Crippen molar-refractivity contribution in [3.05, 3.63) is 58.9 Å². The molecule has 0 bridgehead atoms. The van der Waals surface area contributed by atoms with Crippen LogP contribution in [0.1, 0.15) is 59.1 Å². The number of amides is 2. The standard InChI is InChI=1S/C25H29FN2O4/c1-27-23(16-10-6-7-11-19(16)26)22(25(30)28-12-8-4-5-9-13-28)17-14-20(31-2)21(32-3)15-18(17)24(27)29/h6-7,10-11,14-15,22-23H,4-5,8-9,12-13H2,1-3H3/t22-,23+/m1/s1. The Balaban J connectivity index is 1.91. The van der Waals surface area contributed by atoms with Crippen LogP contribution in [0.5, 0.6) is 11.5 Å². The van der Waals surface area contributed by atoms with E-state index in [1.165, 1.54) is 25.2 Å². The lowest BCUT2D eigenvalue weighted by Crippen LogP contribution is -2.47. The van der Waals surface area contributed by atoms with Gasteiger partial charge in [-0.25, -0.2) is 4.39 Å². The van der Waals surface area contributed by atoms with Crippen molar-refractivity contribution in [2.24, 2.45) is 0 Å². The Kier molecular flexibility index (Phi) is 6.35. The number of benzene rings is 2. The highest BCUT2D eigenvalue weighted by Crippen LogP contribution is 2.46. The summed E-state index contributed by atoms with van der Waals surface area (Å²) in [5.41, 5.74) is 1.26. The summed E-state index contributed by atoms with van der Waals surface area (Å²) in [6.07, 6.45) is 4.06. The van der Waals surface area contributed by atoms with E-state index >= 15 is 0 Å². The second-order valence-corrected chi connectivity index (χ2v) is 8.39. The molecule has 4 rings (SSSR count). The minimum atomic E-state index is -0.759. The molecule has 0 aliphatic carbocycles. The first-order valence-corrected chi connectivity index (χ1v) is 11.0. The largest absolute Gasteiger partial charge is 0.493 e. The lowest BCUT2D eigenvalue weighted by molar-refractivity contribution is -0.134. The van der Waals surface area contributed by atoms with E-state index in [1.807, 2.05) is 4.90 Å². The number of hydrogen-bond donors (Lipinski definition) is 0. The molecule has 2 aromatic carbocycles. The van der Waals surface area contributed by atoms with E-state index in [1.54, 1.807) is 37.4 Å². The van der Waals surface area contributed by atoms with E-state index in [0.717, 1.165) is 25.7 Å². The van der Waals surface area contributed by atoms with Crippen LogP contribution in [-0.2, 0) is 4.79 Å². The first-order chi connectivity index (χ1) is 15.5. The molecule has 0 spiro atoms. The zero-order chi connectivity index (χ0) is 22.8. The van der Waals surface area contributed by atoms with Gasteiger partial charge >= 0.3 is 0 Å². The molecule has 7 heteroatoms. The number of halogens is 1. The third kappa shape index (κ3) is 3.80.